The lowest BCUT2D eigenvalue weighted by molar-refractivity contribution is 0.479. The van der Waals surface area contributed by atoms with Crippen LogP contribution in [-0.2, 0) is 0 Å². The van der Waals surface area contributed by atoms with E-state index in [0.717, 1.165) is 5.96 Å². The average molecular weight is 359 g/mol. The van der Waals surface area contributed by atoms with Crippen molar-refractivity contribution in [1.29, 1.82) is 0 Å². The summed E-state index contributed by atoms with van der Waals surface area (Å²) in [6.07, 6.45) is 1.18. The first-order valence-corrected chi connectivity index (χ1v) is 6.07. The molecule has 100 valence electrons. The first kappa shape index (κ1) is 15.3. The number of hydrogen-bond acceptors (Lipinski definition) is 1. The van der Waals surface area contributed by atoms with Gasteiger partial charge in [0.2, 0.25) is 0 Å². The van der Waals surface area contributed by atoms with Crippen molar-refractivity contribution in [1.82, 2.24) is 9.80 Å². The number of aliphatic imine (C=N–C) groups is 1. The highest BCUT2D eigenvalue weighted by Crippen LogP contribution is 2.43. The lowest BCUT2D eigenvalue weighted by atomic mass is 10.1. The molecule has 0 heterocycles. The first-order chi connectivity index (χ1) is 8.09. The van der Waals surface area contributed by atoms with Gasteiger partial charge in [-0.1, -0.05) is 30.3 Å². The van der Waals surface area contributed by atoms with Crippen molar-refractivity contribution in [2.75, 3.05) is 28.2 Å². The van der Waals surface area contributed by atoms with Crippen LogP contribution in [0.25, 0.3) is 0 Å². The third kappa shape index (κ3) is 3.60. The number of guanidine groups is 1. The van der Waals surface area contributed by atoms with Crippen molar-refractivity contribution in [2.45, 2.75) is 18.4 Å². The summed E-state index contributed by atoms with van der Waals surface area (Å²) in [6, 6.07) is 11.1. The molecule has 1 aliphatic rings. The molecular formula is C14H22IN3. The summed E-state index contributed by atoms with van der Waals surface area (Å²) < 4.78 is 0. The molecule has 0 saturated heterocycles. The average Bonchev–Trinajstić information content (AvgIpc) is 3.05. The Labute approximate surface area is 127 Å². The third-order valence-corrected chi connectivity index (χ3v) is 3.07. The van der Waals surface area contributed by atoms with E-state index < -0.39 is 0 Å². The van der Waals surface area contributed by atoms with Gasteiger partial charge in [-0.3, -0.25) is 0 Å². The highest BCUT2D eigenvalue weighted by atomic mass is 127. The summed E-state index contributed by atoms with van der Waals surface area (Å²) in [5.74, 6) is 1.67. The molecule has 0 radical (unpaired) electrons. The second kappa shape index (κ2) is 6.41. The van der Waals surface area contributed by atoms with Gasteiger partial charge < -0.3 is 9.80 Å². The Morgan fingerprint density at radius 1 is 1.06 bits per heavy atom. The molecule has 1 aliphatic carbocycles. The van der Waals surface area contributed by atoms with E-state index in [0.29, 0.717) is 12.0 Å². The van der Waals surface area contributed by atoms with E-state index in [9.17, 15) is 0 Å². The quantitative estimate of drug-likeness (QED) is 0.459. The lowest BCUT2D eigenvalue weighted by Crippen LogP contribution is -2.35. The minimum absolute atomic E-state index is 0. The van der Waals surface area contributed by atoms with Gasteiger partial charge in [-0.15, -0.1) is 24.0 Å². The fraction of sp³-hybridized carbons (Fsp3) is 0.500. The van der Waals surface area contributed by atoms with Gasteiger partial charge in [0.25, 0.3) is 0 Å². The SMILES string of the molecule is CN(C)C(=NC1CC1c1ccccc1)N(C)C.I. The van der Waals surface area contributed by atoms with Crippen LogP contribution in [0.5, 0.6) is 0 Å². The Hall–Kier alpha value is -0.780. The predicted molar refractivity (Wildman–Crippen MR) is 87.8 cm³/mol. The zero-order valence-corrected chi connectivity index (χ0v) is 13.8. The molecule has 4 heteroatoms. The van der Waals surface area contributed by atoms with Crippen molar-refractivity contribution in [3.05, 3.63) is 35.9 Å². The van der Waals surface area contributed by atoms with Gasteiger partial charge in [0.1, 0.15) is 0 Å². The number of rotatable bonds is 2. The van der Waals surface area contributed by atoms with Crippen LogP contribution in [0.1, 0.15) is 17.9 Å². The van der Waals surface area contributed by atoms with Crippen LogP contribution in [0.3, 0.4) is 0 Å². The van der Waals surface area contributed by atoms with E-state index >= 15 is 0 Å². The first-order valence-electron chi connectivity index (χ1n) is 6.07. The van der Waals surface area contributed by atoms with Gasteiger partial charge in [0, 0.05) is 34.1 Å². The topological polar surface area (TPSA) is 18.8 Å². The zero-order valence-electron chi connectivity index (χ0n) is 11.5. The zero-order chi connectivity index (χ0) is 12.4. The summed E-state index contributed by atoms with van der Waals surface area (Å²) in [6.45, 7) is 0. The van der Waals surface area contributed by atoms with Gasteiger partial charge in [-0.05, 0) is 12.0 Å². The normalized spacial score (nSPS) is 20.7. The van der Waals surface area contributed by atoms with Gasteiger partial charge in [-0.25, -0.2) is 4.99 Å². The fourth-order valence-electron chi connectivity index (χ4n) is 2.16. The Bertz CT molecular complexity index is 391. The van der Waals surface area contributed by atoms with Gasteiger partial charge >= 0.3 is 0 Å². The Morgan fingerprint density at radius 2 is 1.61 bits per heavy atom. The largest absolute Gasteiger partial charge is 0.349 e. The number of hydrogen-bond donors (Lipinski definition) is 0. The Morgan fingerprint density at radius 3 is 2.11 bits per heavy atom. The standard InChI is InChI=1S/C14H21N3.HI/c1-16(2)14(17(3)4)15-13-10-12(13)11-8-6-5-7-9-11;/h5-9,12-13H,10H2,1-4H3;1H. The molecule has 2 atom stereocenters. The Kier molecular flexibility index (Phi) is 5.44. The smallest absolute Gasteiger partial charge is 0.195 e. The van der Waals surface area contributed by atoms with E-state index in [1.165, 1.54) is 12.0 Å². The molecule has 1 saturated carbocycles. The molecule has 1 fully saturated rings. The molecular weight excluding hydrogens is 337 g/mol. The van der Waals surface area contributed by atoms with Crippen LogP contribution in [0, 0.1) is 0 Å². The minimum Gasteiger partial charge on any atom is -0.349 e. The second-order valence-corrected chi connectivity index (χ2v) is 5.04. The molecule has 3 nitrogen and oxygen atoms in total. The van der Waals surface area contributed by atoms with Crippen molar-refractivity contribution in [2.24, 2.45) is 4.99 Å². The van der Waals surface area contributed by atoms with Crippen molar-refractivity contribution < 1.29 is 0 Å². The van der Waals surface area contributed by atoms with Crippen molar-refractivity contribution in [3.63, 3.8) is 0 Å². The molecule has 2 unspecified atom stereocenters. The highest BCUT2D eigenvalue weighted by molar-refractivity contribution is 14.0. The summed E-state index contributed by atoms with van der Waals surface area (Å²) in [4.78, 5) is 8.95. The minimum atomic E-state index is 0. The number of halogens is 1. The van der Waals surface area contributed by atoms with Crippen LogP contribution in [-0.4, -0.2) is 50.0 Å². The molecule has 0 bridgehead atoms. The summed E-state index contributed by atoms with van der Waals surface area (Å²) >= 11 is 0. The molecule has 0 aliphatic heterocycles. The summed E-state index contributed by atoms with van der Waals surface area (Å²) in [7, 11) is 8.16. The van der Waals surface area contributed by atoms with Gasteiger partial charge in [0.15, 0.2) is 5.96 Å². The maximum Gasteiger partial charge on any atom is 0.195 e. The van der Waals surface area contributed by atoms with Crippen LogP contribution < -0.4 is 0 Å². The molecule has 1 aromatic rings. The number of benzene rings is 1. The van der Waals surface area contributed by atoms with Crippen LogP contribution >= 0.6 is 24.0 Å². The Balaban J connectivity index is 0.00000162. The van der Waals surface area contributed by atoms with Crippen LogP contribution in [0.2, 0.25) is 0 Å². The van der Waals surface area contributed by atoms with E-state index in [-0.39, 0.29) is 24.0 Å². The molecule has 0 spiro atoms. The van der Waals surface area contributed by atoms with E-state index in [1.807, 2.05) is 28.2 Å². The molecule has 18 heavy (non-hydrogen) atoms. The fourth-order valence-corrected chi connectivity index (χ4v) is 2.16. The maximum absolute atomic E-state index is 4.81. The molecule has 1 aromatic carbocycles. The monoisotopic (exact) mass is 359 g/mol. The number of nitrogens with zero attached hydrogens (tertiary/aromatic N) is 3. The van der Waals surface area contributed by atoms with Crippen LogP contribution in [0.15, 0.2) is 35.3 Å². The second-order valence-electron chi connectivity index (χ2n) is 5.04. The van der Waals surface area contributed by atoms with Gasteiger partial charge in [-0.2, -0.15) is 0 Å². The third-order valence-electron chi connectivity index (χ3n) is 3.07. The van der Waals surface area contributed by atoms with Gasteiger partial charge in [0.05, 0.1) is 6.04 Å². The van der Waals surface area contributed by atoms with E-state index in [4.69, 9.17) is 4.99 Å². The maximum atomic E-state index is 4.81. The highest BCUT2D eigenvalue weighted by Gasteiger charge is 2.38. The molecule has 0 aromatic heterocycles. The van der Waals surface area contributed by atoms with E-state index in [2.05, 4.69) is 40.1 Å². The van der Waals surface area contributed by atoms with Crippen molar-refractivity contribution in [3.8, 4) is 0 Å². The molecule has 0 N–H and O–H groups in total. The van der Waals surface area contributed by atoms with Crippen LogP contribution in [0.4, 0.5) is 0 Å². The molecule has 0 amide bonds. The van der Waals surface area contributed by atoms with Crippen molar-refractivity contribution >= 4 is 29.9 Å². The molecule has 2 rings (SSSR count). The predicted octanol–water partition coefficient (Wildman–Crippen LogP) is 2.64. The van der Waals surface area contributed by atoms with E-state index in [1.54, 1.807) is 0 Å². The summed E-state index contributed by atoms with van der Waals surface area (Å²) in [5.41, 5.74) is 1.41. The summed E-state index contributed by atoms with van der Waals surface area (Å²) in [5, 5.41) is 0. The lowest BCUT2D eigenvalue weighted by Gasteiger charge is -2.22.